The summed E-state index contributed by atoms with van der Waals surface area (Å²) in [5.41, 5.74) is 1.29. The van der Waals surface area contributed by atoms with Gasteiger partial charge < -0.3 is 14.8 Å². The van der Waals surface area contributed by atoms with Gasteiger partial charge in [0.15, 0.2) is 21.3 Å². The van der Waals surface area contributed by atoms with Crippen molar-refractivity contribution in [2.45, 2.75) is 11.4 Å². The van der Waals surface area contributed by atoms with Crippen LogP contribution < -0.4 is 14.8 Å². The maximum atomic E-state index is 12.2. The summed E-state index contributed by atoms with van der Waals surface area (Å²) in [5, 5.41) is 2.80. The average Bonchev–Trinajstić information content (AvgIpc) is 2.59. The number of carbonyl (C=O) groups excluding carboxylic acids is 1. The van der Waals surface area contributed by atoms with Crippen molar-refractivity contribution < 1.29 is 22.7 Å². The van der Waals surface area contributed by atoms with Crippen LogP contribution in [0.5, 0.6) is 11.5 Å². The van der Waals surface area contributed by atoms with Crippen molar-refractivity contribution in [1.82, 2.24) is 5.32 Å². The first-order valence-electron chi connectivity index (χ1n) is 7.40. The SMILES string of the molecule is CS(=O)(=O)c1ccc(C(=O)NCc2ccc3c(c2)OCCO3)cc1. The molecule has 0 unspecified atom stereocenters. The lowest BCUT2D eigenvalue weighted by Crippen LogP contribution is -2.23. The minimum atomic E-state index is -3.27. The summed E-state index contributed by atoms with van der Waals surface area (Å²) in [6.45, 7) is 1.38. The van der Waals surface area contributed by atoms with E-state index in [0.717, 1.165) is 11.8 Å². The second kappa shape index (κ2) is 6.52. The van der Waals surface area contributed by atoms with E-state index in [1.54, 1.807) is 0 Å². The predicted molar refractivity (Wildman–Crippen MR) is 88.2 cm³/mol. The third-order valence-corrected chi connectivity index (χ3v) is 4.73. The molecule has 2 aromatic rings. The molecular weight excluding hydrogens is 330 g/mol. The molecule has 1 amide bonds. The highest BCUT2D eigenvalue weighted by Crippen LogP contribution is 2.30. The number of sulfone groups is 1. The van der Waals surface area contributed by atoms with E-state index in [9.17, 15) is 13.2 Å². The van der Waals surface area contributed by atoms with Gasteiger partial charge in [0.25, 0.3) is 5.91 Å². The molecule has 2 aromatic carbocycles. The second-order valence-corrected chi connectivity index (χ2v) is 7.47. The van der Waals surface area contributed by atoms with E-state index >= 15 is 0 Å². The van der Waals surface area contributed by atoms with Crippen molar-refractivity contribution >= 4 is 15.7 Å². The lowest BCUT2D eigenvalue weighted by atomic mass is 10.1. The number of amides is 1. The molecule has 0 saturated heterocycles. The van der Waals surface area contributed by atoms with Crippen LogP contribution in [0.2, 0.25) is 0 Å². The molecule has 0 radical (unpaired) electrons. The van der Waals surface area contributed by atoms with Crippen molar-refractivity contribution in [2.24, 2.45) is 0 Å². The van der Waals surface area contributed by atoms with Crippen LogP contribution in [0, 0.1) is 0 Å². The molecule has 126 valence electrons. The number of benzene rings is 2. The van der Waals surface area contributed by atoms with Crippen LogP contribution in [0.15, 0.2) is 47.4 Å². The molecule has 1 aliphatic heterocycles. The molecule has 0 bridgehead atoms. The summed E-state index contributed by atoms with van der Waals surface area (Å²) >= 11 is 0. The standard InChI is InChI=1S/C17H17NO5S/c1-24(20,21)14-5-3-13(4-6-14)17(19)18-11-12-2-7-15-16(10-12)23-9-8-22-15/h2-7,10H,8-9,11H2,1H3,(H,18,19). The molecular formula is C17H17NO5S. The quantitative estimate of drug-likeness (QED) is 0.912. The Balaban J connectivity index is 1.65. The van der Waals surface area contributed by atoms with Crippen LogP contribution in [-0.4, -0.2) is 33.8 Å². The Hall–Kier alpha value is -2.54. The molecule has 0 atom stereocenters. The maximum Gasteiger partial charge on any atom is 0.251 e. The highest BCUT2D eigenvalue weighted by atomic mass is 32.2. The summed E-state index contributed by atoms with van der Waals surface area (Å²) in [6.07, 6.45) is 1.13. The lowest BCUT2D eigenvalue weighted by molar-refractivity contribution is 0.0950. The lowest BCUT2D eigenvalue weighted by Gasteiger charge is -2.19. The fraction of sp³-hybridized carbons (Fsp3) is 0.235. The number of rotatable bonds is 4. The minimum absolute atomic E-state index is 0.186. The van der Waals surface area contributed by atoms with Gasteiger partial charge in [-0.15, -0.1) is 0 Å². The zero-order chi connectivity index (χ0) is 17.2. The van der Waals surface area contributed by atoms with Gasteiger partial charge in [0.2, 0.25) is 0 Å². The van der Waals surface area contributed by atoms with E-state index in [4.69, 9.17) is 9.47 Å². The molecule has 0 saturated carbocycles. The average molecular weight is 347 g/mol. The van der Waals surface area contributed by atoms with Crippen molar-refractivity contribution in [3.63, 3.8) is 0 Å². The first kappa shape index (κ1) is 16.3. The first-order chi connectivity index (χ1) is 11.4. The Kier molecular flexibility index (Phi) is 4.44. The number of hydrogen-bond acceptors (Lipinski definition) is 5. The molecule has 0 aromatic heterocycles. The summed E-state index contributed by atoms with van der Waals surface area (Å²) < 4.78 is 33.8. The highest BCUT2D eigenvalue weighted by molar-refractivity contribution is 7.90. The first-order valence-corrected chi connectivity index (χ1v) is 9.29. The number of nitrogens with one attached hydrogen (secondary N) is 1. The van der Waals surface area contributed by atoms with E-state index in [2.05, 4.69) is 5.32 Å². The van der Waals surface area contributed by atoms with E-state index < -0.39 is 9.84 Å². The Bertz CT molecular complexity index is 859. The second-order valence-electron chi connectivity index (χ2n) is 5.46. The topological polar surface area (TPSA) is 81.7 Å². The smallest absolute Gasteiger partial charge is 0.251 e. The van der Waals surface area contributed by atoms with Gasteiger partial charge in [0.05, 0.1) is 4.90 Å². The predicted octanol–water partition coefficient (Wildman–Crippen LogP) is 1.79. The highest BCUT2D eigenvalue weighted by Gasteiger charge is 2.13. The molecule has 0 spiro atoms. The Morgan fingerprint density at radius 1 is 1.04 bits per heavy atom. The van der Waals surface area contributed by atoms with Crippen molar-refractivity contribution in [2.75, 3.05) is 19.5 Å². The van der Waals surface area contributed by atoms with Crippen LogP contribution in [0.1, 0.15) is 15.9 Å². The van der Waals surface area contributed by atoms with Crippen LogP contribution in [-0.2, 0) is 16.4 Å². The normalized spacial score (nSPS) is 13.4. The molecule has 0 fully saturated rings. The third-order valence-electron chi connectivity index (χ3n) is 3.60. The summed E-state index contributed by atoms with van der Waals surface area (Å²) in [4.78, 5) is 12.3. The number of fused-ring (bicyclic) bond motifs is 1. The monoisotopic (exact) mass is 347 g/mol. The summed E-state index contributed by atoms with van der Waals surface area (Å²) in [6, 6.07) is 11.4. The van der Waals surface area contributed by atoms with Gasteiger partial charge in [-0.05, 0) is 42.0 Å². The van der Waals surface area contributed by atoms with Crippen molar-refractivity contribution in [1.29, 1.82) is 0 Å². The Morgan fingerprint density at radius 3 is 2.38 bits per heavy atom. The van der Waals surface area contributed by atoms with Crippen LogP contribution in [0.25, 0.3) is 0 Å². The molecule has 1 heterocycles. The molecule has 6 nitrogen and oxygen atoms in total. The molecule has 1 aliphatic rings. The zero-order valence-corrected chi connectivity index (χ0v) is 13.9. The number of carbonyl (C=O) groups is 1. The van der Waals surface area contributed by atoms with Gasteiger partial charge in [-0.3, -0.25) is 4.79 Å². The van der Waals surface area contributed by atoms with Crippen LogP contribution in [0.4, 0.5) is 0 Å². The van der Waals surface area contributed by atoms with Crippen molar-refractivity contribution in [3.05, 3.63) is 53.6 Å². The largest absolute Gasteiger partial charge is 0.486 e. The molecule has 0 aliphatic carbocycles. The fourth-order valence-electron chi connectivity index (χ4n) is 2.34. The van der Waals surface area contributed by atoms with E-state index in [-0.39, 0.29) is 10.8 Å². The van der Waals surface area contributed by atoms with Crippen LogP contribution >= 0.6 is 0 Å². The van der Waals surface area contributed by atoms with Gasteiger partial charge in [-0.1, -0.05) is 6.07 Å². The van der Waals surface area contributed by atoms with Crippen molar-refractivity contribution in [3.8, 4) is 11.5 Å². The van der Waals surface area contributed by atoms with Gasteiger partial charge in [-0.2, -0.15) is 0 Å². The van der Waals surface area contributed by atoms with E-state index in [0.29, 0.717) is 36.8 Å². The van der Waals surface area contributed by atoms with Gasteiger partial charge in [0, 0.05) is 18.4 Å². The summed E-state index contributed by atoms with van der Waals surface area (Å²) in [7, 11) is -3.27. The van der Waals surface area contributed by atoms with Crippen LogP contribution in [0.3, 0.4) is 0 Å². The molecule has 3 rings (SSSR count). The maximum absolute atomic E-state index is 12.2. The van der Waals surface area contributed by atoms with E-state index in [1.807, 2.05) is 18.2 Å². The third kappa shape index (κ3) is 3.68. The number of hydrogen-bond donors (Lipinski definition) is 1. The fourth-order valence-corrected chi connectivity index (χ4v) is 2.97. The molecule has 7 heteroatoms. The Labute approximate surface area is 140 Å². The minimum Gasteiger partial charge on any atom is -0.486 e. The number of ether oxygens (including phenoxy) is 2. The molecule has 24 heavy (non-hydrogen) atoms. The molecule has 1 N–H and O–H groups in total. The zero-order valence-electron chi connectivity index (χ0n) is 13.1. The van der Waals surface area contributed by atoms with Gasteiger partial charge in [0.1, 0.15) is 13.2 Å². The summed E-state index contributed by atoms with van der Waals surface area (Å²) in [5.74, 6) is 1.10. The Morgan fingerprint density at radius 2 is 1.71 bits per heavy atom. The van der Waals surface area contributed by atoms with E-state index in [1.165, 1.54) is 24.3 Å². The van der Waals surface area contributed by atoms with Gasteiger partial charge >= 0.3 is 0 Å². The van der Waals surface area contributed by atoms with Gasteiger partial charge in [-0.25, -0.2) is 8.42 Å².